The van der Waals surface area contributed by atoms with E-state index in [1.54, 1.807) is 12.1 Å². The Morgan fingerprint density at radius 1 is 1.36 bits per heavy atom. The van der Waals surface area contributed by atoms with E-state index in [4.69, 9.17) is 4.74 Å². The lowest BCUT2D eigenvalue weighted by atomic mass is 10.1. The summed E-state index contributed by atoms with van der Waals surface area (Å²) in [4.78, 5) is 12.0. The summed E-state index contributed by atoms with van der Waals surface area (Å²) in [5, 5.41) is 5.98. The van der Waals surface area contributed by atoms with E-state index in [1.165, 1.54) is 12.1 Å². The number of hydrogen-bond acceptors (Lipinski definition) is 5. The number of carbonyl (C=O) groups is 1. The van der Waals surface area contributed by atoms with Crippen molar-refractivity contribution in [2.24, 2.45) is 5.92 Å². The molecule has 1 aromatic rings. The lowest BCUT2D eigenvalue weighted by molar-refractivity contribution is -0.124. The van der Waals surface area contributed by atoms with Gasteiger partial charge in [0.1, 0.15) is 12.4 Å². The van der Waals surface area contributed by atoms with Gasteiger partial charge in [0.15, 0.2) is 9.84 Å². The van der Waals surface area contributed by atoms with Crippen molar-refractivity contribution in [2.75, 3.05) is 32.5 Å². The van der Waals surface area contributed by atoms with Crippen molar-refractivity contribution in [1.82, 2.24) is 10.6 Å². The largest absolute Gasteiger partial charge is 0.492 e. The number of ether oxygens (including phenoxy) is 1. The summed E-state index contributed by atoms with van der Waals surface area (Å²) in [6, 6.07) is 6.24. The van der Waals surface area contributed by atoms with Gasteiger partial charge in [0.05, 0.1) is 17.4 Å². The summed E-state index contributed by atoms with van der Waals surface area (Å²) in [6.07, 6.45) is 2.04. The number of benzene rings is 1. The Balaban J connectivity index is 0.00000242. The number of sulfone groups is 1. The van der Waals surface area contributed by atoms with E-state index in [2.05, 4.69) is 10.6 Å². The maximum Gasteiger partial charge on any atom is 0.224 e. The molecule has 1 saturated heterocycles. The second-order valence-electron chi connectivity index (χ2n) is 5.07. The van der Waals surface area contributed by atoms with Crippen molar-refractivity contribution in [2.45, 2.75) is 11.3 Å². The summed E-state index contributed by atoms with van der Waals surface area (Å²) >= 11 is 0. The standard InChI is InChI=1S/C14H20N2O4S.ClH/c1-21(18,19)13-4-2-12(3-5-13)20-9-8-16-14(17)11-6-7-15-10-11;/h2-5,11,15H,6-10H2,1H3,(H,16,17);1H. The summed E-state index contributed by atoms with van der Waals surface area (Å²) in [5.41, 5.74) is 0. The first-order valence-corrected chi connectivity index (χ1v) is 8.77. The van der Waals surface area contributed by atoms with Gasteiger partial charge < -0.3 is 15.4 Å². The first-order chi connectivity index (χ1) is 9.97. The van der Waals surface area contributed by atoms with Crippen LogP contribution in [-0.2, 0) is 14.6 Å². The molecule has 1 aliphatic heterocycles. The summed E-state index contributed by atoms with van der Waals surface area (Å²) in [5.74, 6) is 0.689. The van der Waals surface area contributed by atoms with Crippen molar-refractivity contribution in [3.05, 3.63) is 24.3 Å². The average Bonchev–Trinajstić information content (AvgIpc) is 2.97. The van der Waals surface area contributed by atoms with Crippen LogP contribution in [0.15, 0.2) is 29.2 Å². The number of carbonyl (C=O) groups excluding carboxylic acids is 1. The van der Waals surface area contributed by atoms with E-state index in [0.717, 1.165) is 25.8 Å². The normalized spacial score (nSPS) is 17.6. The predicted octanol–water partition coefficient (Wildman–Crippen LogP) is 0.616. The second kappa shape index (κ2) is 8.36. The van der Waals surface area contributed by atoms with Crippen LogP contribution in [0.1, 0.15) is 6.42 Å². The third kappa shape index (κ3) is 5.47. The fourth-order valence-electron chi connectivity index (χ4n) is 2.15. The van der Waals surface area contributed by atoms with Gasteiger partial charge in [-0.1, -0.05) is 0 Å². The molecule has 0 aromatic heterocycles. The van der Waals surface area contributed by atoms with E-state index < -0.39 is 9.84 Å². The van der Waals surface area contributed by atoms with Crippen LogP contribution in [0.3, 0.4) is 0 Å². The molecule has 1 aliphatic rings. The van der Waals surface area contributed by atoms with E-state index >= 15 is 0 Å². The molecule has 1 amide bonds. The minimum absolute atomic E-state index is 0. The van der Waals surface area contributed by atoms with Gasteiger partial charge in [0, 0.05) is 12.8 Å². The SMILES string of the molecule is CS(=O)(=O)c1ccc(OCCNC(=O)C2CCNC2)cc1.Cl. The Bertz CT molecular complexity index is 583. The molecule has 0 bridgehead atoms. The van der Waals surface area contributed by atoms with Gasteiger partial charge in [-0.3, -0.25) is 4.79 Å². The molecule has 1 fully saturated rings. The van der Waals surface area contributed by atoms with Crippen LogP contribution in [0, 0.1) is 5.92 Å². The molecule has 1 aromatic carbocycles. The quantitative estimate of drug-likeness (QED) is 0.736. The minimum atomic E-state index is -3.18. The van der Waals surface area contributed by atoms with Gasteiger partial charge in [-0.25, -0.2) is 8.42 Å². The first kappa shape index (κ1) is 18.7. The summed E-state index contributed by atoms with van der Waals surface area (Å²) < 4.78 is 28.1. The molecule has 0 radical (unpaired) electrons. The zero-order chi connectivity index (χ0) is 15.3. The molecule has 2 rings (SSSR count). The Labute approximate surface area is 136 Å². The lowest BCUT2D eigenvalue weighted by Crippen LogP contribution is -2.34. The van der Waals surface area contributed by atoms with E-state index in [9.17, 15) is 13.2 Å². The van der Waals surface area contributed by atoms with Crippen LogP contribution >= 0.6 is 12.4 Å². The molecule has 2 N–H and O–H groups in total. The third-order valence-electron chi connectivity index (χ3n) is 3.35. The van der Waals surface area contributed by atoms with Crippen LogP contribution in [-0.4, -0.2) is 46.8 Å². The lowest BCUT2D eigenvalue weighted by Gasteiger charge is -2.11. The molecule has 1 atom stereocenters. The molecule has 22 heavy (non-hydrogen) atoms. The van der Waals surface area contributed by atoms with E-state index in [-0.39, 0.29) is 29.1 Å². The number of hydrogen-bond donors (Lipinski definition) is 2. The Morgan fingerprint density at radius 2 is 2.05 bits per heavy atom. The zero-order valence-corrected chi connectivity index (χ0v) is 14.0. The predicted molar refractivity (Wildman–Crippen MR) is 86.3 cm³/mol. The van der Waals surface area contributed by atoms with Gasteiger partial charge in [-0.05, 0) is 37.2 Å². The zero-order valence-electron chi connectivity index (χ0n) is 12.4. The molecule has 8 heteroatoms. The molecule has 0 saturated carbocycles. The maximum atomic E-state index is 11.7. The highest BCUT2D eigenvalue weighted by atomic mass is 35.5. The minimum Gasteiger partial charge on any atom is -0.492 e. The Hall–Kier alpha value is -1.31. The maximum absolute atomic E-state index is 11.7. The second-order valence-corrected chi connectivity index (χ2v) is 7.09. The van der Waals surface area contributed by atoms with E-state index in [1.807, 2.05) is 0 Å². The first-order valence-electron chi connectivity index (χ1n) is 6.88. The van der Waals surface area contributed by atoms with Crippen molar-refractivity contribution in [1.29, 1.82) is 0 Å². The van der Waals surface area contributed by atoms with Crippen LogP contribution in [0.4, 0.5) is 0 Å². The van der Waals surface area contributed by atoms with Crippen molar-refractivity contribution < 1.29 is 17.9 Å². The van der Waals surface area contributed by atoms with Crippen molar-refractivity contribution in [3.8, 4) is 5.75 Å². The van der Waals surface area contributed by atoms with Crippen molar-refractivity contribution in [3.63, 3.8) is 0 Å². The fraction of sp³-hybridized carbons (Fsp3) is 0.500. The summed E-state index contributed by atoms with van der Waals surface area (Å²) in [6.45, 7) is 2.41. The smallest absolute Gasteiger partial charge is 0.224 e. The number of halogens is 1. The van der Waals surface area contributed by atoms with Crippen LogP contribution in [0.5, 0.6) is 5.75 Å². The molecule has 0 aliphatic carbocycles. The van der Waals surface area contributed by atoms with Crippen LogP contribution in [0.25, 0.3) is 0 Å². The highest BCUT2D eigenvalue weighted by Gasteiger charge is 2.21. The fourth-order valence-corrected chi connectivity index (χ4v) is 2.78. The van der Waals surface area contributed by atoms with Gasteiger partial charge in [-0.2, -0.15) is 0 Å². The highest BCUT2D eigenvalue weighted by Crippen LogP contribution is 2.15. The van der Waals surface area contributed by atoms with Gasteiger partial charge in [0.2, 0.25) is 5.91 Å². The number of rotatable bonds is 6. The van der Waals surface area contributed by atoms with Crippen LogP contribution < -0.4 is 15.4 Å². The number of nitrogens with one attached hydrogen (secondary N) is 2. The Kier molecular flexibility index (Phi) is 7.12. The Morgan fingerprint density at radius 3 is 2.59 bits per heavy atom. The van der Waals surface area contributed by atoms with Gasteiger partial charge in [-0.15, -0.1) is 12.4 Å². The molecular weight excluding hydrogens is 328 g/mol. The molecule has 6 nitrogen and oxygen atoms in total. The third-order valence-corrected chi connectivity index (χ3v) is 4.48. The molecular formula is C14H21ClN2O4S. The van der Waals surface area contributed by atoms with Crippen molar-refractivity contribution >= 4 is 28.2 Å². The van der Waals surface area contributed by atoms with Gasteiger partial charge >= 0.3 is 0 Å². The topological polar surface area (TPSA) is 84.5 Å². The van der Waals surface area contributed by atoms with Crippen LogP contribution in [0.2, 0.25) is 0 Å². The average molecular weight is 349 g/mol. The molecule has 1 heterocycles. The molecule has 124 valence electrons. The number of amides is 1. The molecule has 1 unspecified atom stereocenters. The van der Waals surface area contributed by atoms with Gasteiger partial charge in [0.25, 0.3) is 0 Å². The van der Waals surface area contributed by atoms with E-state index in [0.29, 0.717) is 18.9 Å². The summed E-state index contributed by atoms with van der Waals surface area (Å²) in [7, 11) is -3.18. The monoisotopic (exact) mass is 348 g/mol. The highest BCUT2D eigenvalue weighted by molar-refractivity contribution is 7.90. The molecule has 0 spiro atoms.